The van der Waals surface area contributed by atoms with Crippen LogP contribution in [-0.4, -0.2) is 32.2 Å². The van der Waals surface area contributed by atoms with E-state index in [1.807, 2.05) is 31.1 Å². The van der Waals surface area contributed by atoms with Crippen molar-refractivity contribution < 1.29 is 13.9 Å². The number of rotatable bonds is 5. The first kappa shape index (κ1) is 13.9. The maximum absolute atomic E-state index is 11.3. The molecule has 0 radical (unpaired) electrons. The standard InChI is InChI=1S/C14H17N3O3/c1-17(2)13-11(5-4-8-15-13)16-9-10-6-7-12(20-10)14(18)19-3/h4-8,16H,9H2,1-3H3. The number of hydrogen-bond acceptors (Lipinski definition) is 6. The van der Waals surface area contributed by atoms with Crippen LogP contribution < -0.4 is 10.2 Å². The Hall–Kier alpha value is -2.50. The monoisotopic (exact) mass is 275 g/mol. The summed E-state index contributed by atoms with van der Waals surface area (Å²) in [6.07, 6.45) is 1.74. The van der Waals surface area contributed by atoms with Crippen LogP contribution in [0.2, 0.25) is 0 Å². The van der Waals surface area contributed by atoms with E-state index in [1.54, 1.807) is 18.3 Å². The molecule has 0 unspecified atom stereocenters. The van der Waals surface area contributed by atoms with Crippen molar-refractivity contribution in [2.75, 3.05) is 31.4 Å². The van der Waals surface area contributed by atoms with Gasteiger partial charge in [0.25, 0.3) is 0 Å². The van der Waals surface area contributed by atoms with Gasteiger partial charge in [-0.2, -0.15) is 0 Å². The Labute approximate surface area is 117 Å². The number of nitrogens with zero attached hydrogens (tertiary/aromatic N) is 2. The molecule has 6 heteroatoms. The molecule has 2 aromatic rings. The number of carbonyl (C=O) groups excluding carboxylic acids is 1. The molecule has 0 spiro atoms. The third kappa shape index (κ3) is 3.09. The van der Waals surface area contributed by atoms with Gasteiger partial charge in [0, 0.05) is 20.3 Å². The maximum Gasteiger partial charge on any atom is 0.373 e. The van der Waals surface area contributed by atoms with Gasteiger partial charge >= 0.3 is 5.97 Å². The van der Waals surface area contributed by atoms with Crippen molar-refractivity contribution in [3.63, 3.8) is 0 Å². The molecule has 106 valence electrons. The van der Waals surface area contributed by atoms with Crippen LogP contribution in [0.25, 0.3) is 0 Å². The Morgan fingerprint density at radius 1 is 1.40 bits per heavy atom. The lowest BCUT2D eigenvalue weighted by Gasteiger charge is -2.16. The fraction of sp³-hybridized carbons (Fsp3) is 0.286. The van der Waals surface area contributed by atoms with E-state index in [2.05, 4.69) is 15.0 Å². The smallest absolute Gasteiger partial charge is 0.373 e. The number of methoxy groups -OCH3 is 1. The molecular formula is C14H17N3O3. The average molecular weight is 275 g/mol. The van der Waals surface area contributed by atoms with E-state index < -0.39 is 5.97 Å². The second-order valence-electron chi connectivity index (χ2n) is 4.38. The fourth-order valence-corrected chi connectivity index (χ4v) is 1.76. The molecule has 1 N–H and O–H groups in total. The summed E-state index contributed by atoms with van der Waals surface area (Å²) in [4.78, 5) is 17.5. The van der Waals surface area contributed by atoms with E-state index in [1.165, 1.54) is 7.11 Å². The summed E-state index contributed by atoms with van der Waals surface area (Å²) in [5.41, 5.74) is 0.897. The molecule has 0 bridgehead atoms. The van der Waals surface area contributed by atoms with Crippen LogP contribution in [0.4, 0.5) is 11.5 Å². The van der Waals surface area contributed by atoms with Crippen LogP contribution >= 0.6 is 0 Å². The quantitative estimate of drug-likeness (QED) is 0.843. The topological polar surface area (TPSA) is 67.6 Å². The maximum atomic E-state index is 11.3. The Morgan fingerprint density at radius 2 is 2.20 bits per heavy atom. The third-order valence-corrected chi connectivity index (χ3v) is 2.71. The van der Waals surface area contributed by atoms with Crippen LogP contribution in [0.1, 0.15) is 16.3 Å². The highest BCUT2D eigenvalue weighted by molar-refractivity contribution is 5.86. The van der Waals surface area contributed by atoms with Gasteiger partial charge in [0.2, 0.25) is 5.76 Å². The summed E-state index contributed by atoms with van der Waals surface area (Å²) in [6, 6.07) is 7.13. The minimum Gasteiger partial charge on any atom is -0.463 e. The van der Waals surface area contributed by atoms with Gasteiger partial charge in [-0.05, 0) is 24.3 Å². The zero-order valence-corrected chi connectivity index (χ0v) is 11.7. The molecule has 2 aromatic heterocycles. The van der Waals surface area contributed by atoms with Crippen LogP contribution in [-0.2, 0) is 11.3 Å². The third-order valence-electron chi connectivity index (χ3n) is 2.71. The molecule has 0 aliphatic heterocycles. The van der Waals surface area contributed by atoms with Crippen molar-refractivity contribution in [1.29, 1.82) is 0 Å². The number of furan rings is 1. The molecule has 0 aliphatic carbocycles. The summed E-state index contributed by atoms with van der Waals surface area (Å²) in [5, 5.41) is 3.23. The molecule has 0 saturated heterocycles. The molecule has 0 amide bonds. The largest absolute Gasteiger partial charge is 0.463 e. The number of pyridine rings is 1. The summed E-state index contributed by atoms with van der Waals surface area (Å²) in [5.74, 6) is 1.21. The van der Waals surface area contributed by atoms with Gasteiger partial charge in [-0.3, -0.25) is 0 Å². The molecule has 0 saturated carbocycles. The molecular weight excluding hydrogens is 258 g/mol. The summed E-state index contributed by atoms with van der Waals surface area (Å²) in [6.45, 7) is 0.462. The Morgan fingerprint density at radius 3 is 2.90 bits per heavy atom. The molecule has 20 heavy (non-hydrogen) atoms. The van der Waals surface area contributed by atoms with Crippen molar-refractivity contribution in [1.82, 2.24) is 4.98 Å². The molecule has 0 aromatic carbocycles. The summed E-state index contributed by atoms with van der Waals surface area (Å²) >= 11 is 0. The minimum atomic E-state index is -0.480. The highest BCUT2D eigenvalue weighted by atomic mass is 16.5. The number of nitrogens with one attached hydrogen (secondary N) is 1. The van der Waals surface area contributed by atoms with Gasteiger partial charge in [-0.15, -0.1) is 0 Å². The van der Waals surface area contributed by atoms with Gasteiger partial charge in [0.05, 0.1) is 19.3 Å². The highest BCUT2D eigenvalue weighted by Crippen LogP contribution is 2.21. The second kappa shape index (κ2) is 6.10. The Kier molecular flexibility index (Phi) is 4.24. The van der Waals surface area contributed by atoms with Crippen molar-refractivity contribution >= 4 is 17.5 Å². The van der Waals surface area contributed by atoms with Crippen LogP contribution in [0.15, 0.2) is 34.9 Å². The van der Waals surface area contributed by atoms with E-state index in [0.717, 1.165) is 11.5 Å². The lowest BCUT2D eigenvalue weighted by molar-refractivity contribution is 0.0563. The predicted molar refractivity (Wildman–Crippen MR) is 75.9 cm³/mol. The number of hydrogen-bond donors (Lipinski definition) is 1. The van der Waals surface area contributed by atoms with Crippen LogP contribution in [0.5, 0.6) is 0 Å². The first-order chi connectivity index (χ1) is 9.61. The number of anilines is 2. The zero-order valence-electron chi connectivity index (χ0n) is 11.7. The average Bonchev–Trinajstić information content (AvgIpc) is 2.93. The normalized spacial score (nSPS) is 10.2. The van der Waals surface area contributed by atoms with E-state index in [-0.39, 0.29) is 5.76 Å². The minimum absolute atomic E-state index is 0.198. The first-order valence-corrected chi connectivity index (χ1v) is 6.15. The molecule has 6 nitrogen and oxygen atoms in total. The van der Waals surface area contributed by atoms with Crippen molar-refractivity contribution in [3.05, 3.63) is 42.0 Å². The second-order valence-corrected chi connectivity index (χ2v) is 4.38. The van der Waals surface area contributed by atoms with E-state index in [4.69, 9.17) is 4.42 Å². The lowest BCUT2D eigenvalue weighted by atomic mass is 10.3. The predicted octanol–water partition coefficient (Wildman–Crippen LogP) is 2.14. The Bertz CT molecular complexity index is 593. The van der Waals surface area contributed by atoms with Gasteiger partial charge in [0.15, 0.2) is 5.82 Å². The number of ether oxygens (including phenoxy) is 1. The van der Waals surface area contributed by atoms with E-state index in [9.17, 15) is 4.79 Å². The summed E-state index contributed by atoms with van der Waals surface area (Å²) in [7, 11) is 5.17. The molecule has 0 fully saturated rings. The van der Waals surface area contributed by atoms with Gasteiger partial charge < -0.3 is 19.4 Å². The van der Waals surface area contributed by atoms with Crippen molar-refractivity contribution in [3.8, 4) is 0 Å². The van der Waals surface area contributed by atoms with E-state index in [0.29, 0.717) is 12.3 Å². The van der Waals surface area contributed by atoms with Crippen molar-refractivity contribution in [2.45, 2.75) is 6.54 Å². The van der Waals surface area contributed by atoms with E-state index >= 15 is 0 Å². The molecule has 0 atom stereocenters. The molecule has 2 heterocycles. The van der Waals surface area contributed by atoms with Gasteiger partial charge in [-0.1, -0.05) is 0 Å². The fourth-order valence-electron chi connectivity index (χ4n) is 1.76. The lowest BCUT2D eigenvalue weighted by Crippen LogP contribution is -2.13. The number of esters is 1. The van der Waals surface area contributed by atoms with Gasteiger partial charge in [-0.25, -0.2) is 9.78 Å². The highest BCUT2D eigenvalue weighted by Gasteiger charge is 2.11. The molecule has 2 rings (SSSR count). The zero-order chi connectivity index (χ0) is 14.5. The van der Waals surface area contributed by atoms with Crippen LogP contribution in [0.3, 0.4) is 0 Å². The summed E-state index contributed by atoms with van der Waals surface area (Å²) < 4.78 is 9.98. The first-order valence-electron chi connectivity index (χ1n) is 6.15. The van der Waals surface area contributed by atoms with Crippen molar-refractivity contribution in [2.24, 2.45) is 0 Å². The van der Waals surface area contributed by atoms with Crippen LogP contribution in [0, 0.1) is 0 Å². The molecule has 0 aliphatic rings. The Balaban J connectivity index is 2.06. The number of aromatic nitrogens is 1. The number of carbonyl (C=O) groups is 1. The van der Waals surface area contributed by atoms with Gasteiger partial charge in [0.1, 0.15) is 5.76 Å². The SMILES string of the molecule is COC(=O)c1ccc(CNc2cccnc2N(C)C)o1.